The zero-order chi connectivity index (χ0) is 82.9. The third-order valence-corrected chi connectivity index (χ3v) is 25.6. The predicted molar refractivity (Wildman–Crippen MR) is 516 cm³/mol. The molecule has 12 heteroatoms. The summed E-state index contributed by atoms with van der Waals surface area (Å²) >= 11 is 0. The largest absolute Gasteiger partial charge is 0.458 e. The Morgan fingerprint density at radius 1 is 0.151 bits per heavy atom. The molecule has 0 amide bonds. The van der Waals surface area contributed by atoms with Gasteiger partial charge in [0.1, 0.15) is 69.0 Å². The van der Waals surface area contributed by atoms with E-state index < -0.39 is 0 Å². The van der Waals surface area contributed by atoms with E-state index in [9.17, 15) is 0 Å². The highest BCUT2D eigenvalue weighted by Gasteiger charge is 2.44. The lowest BCUT2D eigenvalue weighted by molar-refractivity contribution is 0.464. The van der Waals surface area contributed by atoms with Crippen molar-refractivity contribution in [1.82, 2.24) is 13.7 Å². The number of rotatable bonds is 9. The Kier molecular flexibility index (Phi) is 17.1. The van der Waals surface area contributed by atoms with Crippen molar-refractivity contribution >= 4 is 102 Å². The van der Waals surface area contributed by atoms with Gasteiger partial charge in [0.2, 0.25) is 0 Å². The first-order valence-corrected chi connectivity index (χ1v) is 42.9. The molecular weight excluding hydrogens is 1540 g/mol. The second-order valence-corrected chi connectivity index (χ2v) is 32.8. The SMILES string of the molecule is c1ccc(-c2cc3cc(-c4cc5c6c(c4)Oc4ccccc4B6c4ccccc4O5)ccc3n2-c2ccccc2)cc1.c1ccc(-c2cc3ccccc3n2-c2ccc(-c3cc4c5c(c3)Oc3ccccc3B5c3ccccc3O4)cc2)cc1.c1ccc(-n2c(-c3ccc(-c4cc5c6c(c4)Oc4ccccc4B6c4ccccc4O5)cc3)cc3ccccc32)cc1. The molecule has 21 aromatic rings. The van der Waals surface area contributed by atoms with Gasteiger partial charge in [-0.25, -0.2) is 0 Å². The number of para-hydroxylation sites is 10. The molecule has 6 aliphatic rings. The minimum absolute atomic E-state index is 0.0785. The third kappa shape index (κ3) is 12.2. The van der Waals surface area contributed by atoms with Crippen molar-refractivity contribution in [3.63, 3.8) is 0 Å². The maximum Gasteiger partial charge on any atom is 0.260 e. The van der Waals surface area contributed by atoms with Gasteiger partial charge in [0, 0.05) is 49.6 Å². The molecule has 3 aromatic heterocycles. The first-order valence-electron chi connectivity index (χ1n) is 42.9. The maximum atomic E-state index is 6.54. The molecule has 0 unspecified atom stereocenters. The fourth-order valence-corrected chi connectivity index (χ4v) is 19.9. The number of benzene rings is 18. The van der Waals surface area contributed by atoms with E-state index in [2.05, 4.69) is 414 Å². The zero-order valence-electron chi connectivity index (χ0n) is 68.1. The second kappa shape index (κ2) is 29.7. The summed E-state index contributed by atoms with van der Waals surface area (Å²) in [4.78, 5) is 0. The van der Waals surface area contributed by atoms with Gasteiger partial charge in [-0.1, -0.05) is 285 Å². The van der Waals surface area contributed by atoms with Crippen molar-refractivity contribution in [3.8, 4) is 153 Å². The molecular formula is C114H72B3N3O6. The Labute approximate surface area is 729 Å². The van der Waals surface area contributed by atoms with Crippen LogP contribution in [0.15, 0.2) is 437 Å². The molecule has 0 atom stereocenters. The van der Waals surface area contributed by atoms with E-state index in [1.807, 2.05) is 36.4 Å². The predicted octanol–water partition coefficient (Wildman–Crippen LogP) is 23.1. The zero-order valence-corrected chi connectivity index (χ0v) is 68.1. The molecule has 0 N–H and O–H groups in total. The Morgan fingerprint density at radius 2 is 0.389 bits per heavy atom. The van der Waals surface area contributed by atoms with Crippen LogP contribution < -0.4 is 77.6 Å². The van der Waals surface area contributed by atoms with Gasteiger partial charge >= 0.3 is 0 Å². The molecule has 0 bridgehead atoms. The van der Waals surface area contributed by atoms with Gasteiger partial charge in [0.05, 0.1) is 33.6 Å². The van der Waals surface area contributed by atoms with E-state index in [-0.39, 0.29) is 20.1 Å². The van der Waals surface area contributed by atoms with Crippen molar-refractivity contribution in [3.05, 3.63) is 437 Å². The molecule has 0 saturated heterocycles. The Bertz CT molecular complexity index is 7710. The van der Waals surface area contributed by atoms with Gasteiger partial charge in [-0.05, 0) is 235 Å². The van der Waals surface area contributed by atoms with Crippen molar-refractivity contribution < 1.29 is 28.4 Å². The van der Waals surface area contributed by atoms with Crippen molar-refractivity contribution in [2.24, 2.45) is 0 Å². The number of ether oxygens (including phenoxy) is 6. The van der Waals surface area contributed by atoms with E-state index in [1.54, 1.807) is 0 Å². The summed E-state index contributed by atoms with van der Waals surface area (Å²) in [6.45, 7) is 0.246. The van der Waals surface area contributed by atoms with Crippen molar-refractivity contribution in [1.29, 1.82) is 0 Å². The van der Waals surface area contributed by atoms with E-state index in [0.29, 0.717) is 0 Å². The standard InChI is InChI=1S/3C38H24BNO2/c1-3-11-25(12-4-1)33-22-28-21-26(19-20-32(28)40(33)29-13-5-2-6-14-29)27-23-36-38-37(24-27)42-35-18-10-8-16-31(35)39(38)30-15-7-9-17-34(30)41-36;1-2-11-29(12-3-1)40-32-15-7-4-10-27(32)22-33(40)26-20-18-25(19-21-26)28-23-36-38-37(24-28)42-35-17-9-6-14-31(35)39(38)30-13-5-8-16-34(30)41-36;1-2-10-26(11-3-1)33-22-27-12-4-7-15-32(27)40(33)29-20-18-25(19-21-29)28-23-36-38-37(24-28)42-35-17-9-6-14-31(35)39(38)30-13-5-8-16-34(30)41-36/h3*1-24H. The summed E-state index contributed by atoms with van der Waals surface area (Å²) in [5, 5.41) is 3.62. The molecule has 0 fully saturated rings. The highest BCUT2D eigenvalue weighted by Crippen LogP contribution is 2.46. The smallest absolute Gasteiger partial charge is 0.260 e. The molecule has 6 aliphatic heterocycles. The topological polar surface area (TPSA) is 70.2 Å². The molecule has 588 valence electrons. The number of hydrogen-bond donors (Lipinski definition) is 0. The van der Waals surface area contributed by atoms with E-state index in [4.69, 9.17) is 28.4 Å². The van der Waals surface area contributed by atoms with Crippen LogP contribution in [0.4, 0.5) is 0 Å². The molecule has 0 radical (unpaired) electrons. The van der Waals surface area contributed by atoms with Gasteiger partial charge < -0.3 is 42.1 Å². The van der Waals surface area contributed by atoms with E-state index in [0.717, 1.165) is 153 Å². The van der Waals surface area contributed by atoms with Crippen LogP contribution in [-0.4, -0.2) is 33.8 Å². The highest BCUT2D eigenvalue weighted by molar-refractivity contribution is 6.99. The molecule has 0 saturated carbocycles. The molecule has 126 heavy (non-hydrogen) atoms. The molecule has 0 spiro atoms. The van der Waals surface area contributed by atoms with Crippen LogP contribution in [0.5, 0.6) is 69.0 Å². The molecule has 18 aromatic carbocycles. The molecule has 0 aliphatic carbocycles. The fourth-order valence-electron chi connectivity index (χ4n) is 19.9. The van der Waals surface area contributed by atoms with Crippen LogP contribution in [-0.2, 0) is 0 Å². The fraction of sp³-hybridized carbons (Fsp3) is 0. The first kappa shape index (κ1) is 72.4. The number of hydrogen-bond acceptors (Lipinski definition) is 6. The quantitative estimate of drug-likeness (QED) is 0.134. The molecule has 27 rings (SSSR count). The monoisotopic (exact) mass is 1610 g/mol. The Morgan fingerprint density at radius 3 is 0.730 bits per heavy atom. The van der Waals surface area contributed by atoms with Crippen LogP contribution in [0.1, 0.15) is 0 Å². The first-order chi connectivity index (χ1) is 62.4. The number of aromatic nitrogens is 3. The Hall–Kier alpha value is -16.4. The van der Waals surface area contributed by atoms with Crippen LogP contribution >= 0.6 is 0 Å². The van der Waals surface area contributed by atoms with E-state index in [1.165, 1.54) is 82.3 Å². The minimum Gasteiger partial charge on any atom is -0.458 e. The second-order valence-electron chi connectivity index (χ2n) is 32.8. The van der Waals surface area contributed by atoms with Gasteiger partial charge in [0.15, 0.2) is 0 Å². The van der Waals surface area contributed by atoms with Gasteiger partial charge in [-0.15, -0.1) is 0 Å². The van der Waals surface area contributed by atoms with Crippen LogP contribution in [0.2, 0.25) is 0 Å². The van der Waals surface area contributed by atoms with Crippen LogP contribution in [0, 0.1) is 0 Å². The minimum atomic E-state index is 0.0785. The highest BCUT2D eigenvalue weighted by atomic mass is 16.5. The number of fused-ring (bicyclic) bond motifs is 15. The van der Waals surface area contributed by atoms with Gasteiger partial charge in [0.25, 0.3) is 20.1 Å². The lowest BCUT2D eigenvalue weighted by atomic mass is 9.35. The van der Waals surface area contributed by atoms with E-state index >= 15 is 0 Å². The lowest BCUT2D eigenvalue weighted by Gasteiger charge is -2.33. The third-order valence-electron chi connectivity index (χ3n) is 25.6. The summed E-state index contributed by atoms with van der Waals surface area (Å²) in [7, 11) is 0. The lowest BCUT2D eigenvalue weighted by Crippen LogP contribution is -2.57. The normalized spacial score (nSPS) is 12.6. The maximum absolute atomic E-state index is 6.54. The van der Waals surface area contributed by atoms with Crippen LogP contribution in [0.3, 0.4) is 0 Å². The average Bonchev–Trinajstić information content (AvgIpc) is 1.01. The summed E-state index contributed by atoms with van der Waals surface area (Å²) in [5.74, 6) is 10.5. The van der Waals surface area contributed by atoms with Gasteiger partial charge in [-0.2, -0.15) is 0 Å². The molecule has 9 heterocycles. The van der Waals surface area contributed by atoms with Crippen molar-refractivity contribution in [2.75, 3.05) is 0 Å². The summed E-state index contributed by atoms with van der Waals surface area (Å²) in [6.07, 6.45) is 0. The van der Waals surface area contributed by atoms with Crippen molar-refractivity contribution in [2.45, 2.75) is 0 Å². The summed E-state index contributed by atoms with van der Waals surface area (Å²) < 4.78 is 46.2. The summed E-state index contributed by atoms with van der Waals surface area (Å²) in [6, 6.07) is 154. The van der Waals surface area contributed by atoms with Crippen LogP contribution in [0.25, 0.3) is 117 Å². The number of nitrogens with zero attached hydrogens (tertiary/aromatic N) is 3. The Balaban J connectivity index is 0.000000103. The summed E-state index contributed by atoms with van der Waals surface area (Å²) in [5.41, 5.74) is 30.9. The van der Waals surface area contributed by atoms with Gasteiger partial charge in [-0.3, -0.25) is 0 Å². The average molecular weight is 1610 g/mol. The molecule has 9 nitrogen and oxygen atoms in total.